The Morgan fingerprint density at radius 2 is 2.50 bits per heavy atom. The topological polar surface area (TPSA) is 69.0 Å². The molecule has 100 valence electrons. The molecule has 1 saturated carbocycles. The number of aromatic nitrogens is 3. The van der Waals surface area contributed by atoms with E-state index in [9.17, 15) is 4.79 Å². The number of carbonyl (C=O) groups is 1. The third-order valence-corrected chi connectivity index (χ3v) is 3.76. The number of aryl methyl sites for hydroxylation is 1. The predicted octanol–water partition coefficient (Wildman–Crippen LogP) is 0.591. The van der Waals surface area contributed by atoms with Crippen molar-refractivity contribution in [3.05, 3.63) is 6.33 Å². The molecule has 6 nitrogen and oxygen atoms in total. The summed E-state index contributed by atoms with van der Waals surface area (Å²) in [7, 11) is 1.84. The molecule has 7 heteroatoms. The standard InChI is InChI=1S/C11H18N4O2S/c1-3-17-10(16)9(14-8-4-5-8)6-18-11-12-7-13-15(11)2/h7-9,14H,3-6H2,1-2H3. The normalized spacial score (nSPS) is 16.6. The second kappa shape index (κ2) is 6.19. The monoisotopic (exact) mass is 270 g/mol. The van der Waals surface area contributed by atoms with Crippen molar-refractivity contribution in [2.24, 2.45) is 7.05 Å². The van der Waals surface area contributed by atoms with Gasteiger partial charge in [0, 0.05) is 18.8 Å². The summed E-state index contributed by atoms with van der Waals surface area (Å²) in [6.45, 7) is 2.23. The number of rotatable bonds is 7. The lowest BCUT2D eigenvalue weighted by Crippen LogP contribution is -2.41. The molecule has 1 atom stereocenters. The summed E-state index contributed by atoms with van der Waals surface area (Å²) in [5.41, 5.74) is 0. The van der Waals surface area contributed by atoms with Gasteiger partial charge in [0.25, 0.3) is 0 Å². The molecule has 1 aliphatic carbocycles. The lowest BCUT2D eigenvalue weighted by Gasteiger charge is -2.16. The molecule has 0 saturated heterocycles. The highest BCUT2D eigenvalue weighted by molar-refractivity contribution is 7.99. The van der Waals surface area contributed by atoms with E-state index in [0.29, 0.717) is 18.4 Å². The van der Waals surface area contributed by atoms with Gasteiger partial charge in [0.1, 0.15) is 12.4 Å². The van der Waals surface area contributed by atoms with Gasteiger partial charge >= 0.3 is 5.97 Å². The summed E-state index contributed by atoms with van der Waals surface area (Å²) in [4.78, 5) is 15.9. The Kier molecular flexibility index (Phi) is 4.60. The highest BCUT2D eigenvalue weighted by Gasteiger charge is 2.29. The molecule has 1 unspecified atom stereocenters. The Morgan fingerprint density at radius 3 is 3.06 bits per heavy atom. The predicted molar refractivity (Wildman–Crippen MR) is 68.3 cm³/mol. The molecule has 0 bridgehead atoms. The van der Waals surface area contributed by atoms with Crippen molar-refractivity contribution in [3.63, 3.8) is 0 Å². The van der Waals surface area contributed by atoms with Gasteiger partial charge in [-0.1, -0.05) is 11.8 Å². The zero-order chi connectivity index (χ0) is 13.0. The first-order valence-electron chi connectivity index (χ1n) is 6.10. The van der Waals surface area contributed by atoms with Crippen molar-refractivity contribution in [1.82, 2.24) is 20.1 Å². The van der Waals surface area contributed by atoms with Gasteiger partial charge in [-0.25, -0.2) is 9.67 Å². The summed E-state index contributed by atoms with van der Waals surface area (Å²) < 4.78 is 6.77. The molecule has 0 aliphatic heterocycles. The first kappa shape index (κ1) is 13.4. The van der Waals surface area contributed by atoms with Gasteiger partial charge in [-0.15, -0.1) is 0 Å². The Labute approximate surface area is 110 Å². The van der Waals surface area contributed by atoms with Gasteiger partial charge in [-0.05, 0) is 19.8 Å². The Bertz CT molecular complexity index is 406. The molecule has 1 N–H and O–H groups in total. The van der Waals surface area contributed by atoms with Crippen LogP contribution in [-0.2, 0) is 16.6 Å². The highest BCUT2D eigenvalue weighted by atomic mass is 32.2. The van der Waals surface area contributed by atoms with Crippen LogP contribution in [0.4, 0.5) is 0 Å². The smallest absolute Gasteiger partial charge is 0.324 e. The van der Waals surface area contributed by atoms with E-state index in [4.69, 9.17) is 4.74 Å². The van der Waals surface area contributed by atoms with E-state index < -0.39 is 0 Å². The van der Waals surface area contributed by atoms with Crippen LogP contribution >= 0.6 is 11.8 Å². The number of hydrogen-bond donors (Lipinski definition) is 1. The maximum atomic E-state index is 11.8. The Morgan fingerprint density at radius 1 is 1.72 bits per heavy atom. The lowest BCUT2D eigenvalue weighted by molar-refractivity contribution is -0.145. The fourth-order valence-corrected chi connectivity index (χ4v) is 2.44. The van der Waals surface area contributed by atoms with Crippen molar-refractivity contribution in [3.8, 4) is 0 Å². The average molecular weight is 270 g/mol. The molecule has 1 aromatic heterocycles. The van der Waals surface area contributed by atoms with Gasteiger partial charge in [-0.2, -0.15) is 5.10 Å². The number of esters is 1. The number of carbonyl (C=O) groups excluding carboxylic acids is 1. The molecule has 1 aromatic rings. The summed E-state index contributed by atoms with van der Waals surface area (Å²) in [6, 6.07) is 0.207. The molecular formula is C11H18N4O2S. The van der Waals surface area contributed by atoms with E-state index >= 15 is 0 Å². The van der Waals surface area contributed by atoms with Crippen LogP contribution in [-0.4, -0.2) is 45.2 Å². The number of thioether (sulfide) groups is 1. The molecule has 0 aromatic carbocycles. The zero-order valence-corrected chi connectivity index (χ0v) is 11.4. The number of nitrogens with zero attached hydrogens (tertiary/aromatic N) is 3. The van der Waals surface area contributed by atoms with E-state index in [0.717, 1.165) is 18.0 Å². The van der Waals surface area contributed by atoms with Crippen LogP contribution < -0.4 is 5.32 Å². The van der Waals surface area contributed by atoms with Gasteiger partial charge in [0.2, 0.25) is 0 Å². The van der Waals surface area contributed by atoms with Crippen molar-refractivity contribution in [2.45, 2.75) is 37.0 Å². The van der Waals surface area contributed by atoms with E-state index in [2.05, 4.69) is 15.4 Å². The number of nitrogens with one attached hydrogen (secondary N) is 1. The van der Waals surface area contributed by atoms with Crippen molar-refractivity contribution in [2.75, 3.05) is 12.4 Å². The Hall–Kier alpha value is -1.08. The fraction of sp³-hybridized carbons (Fsp3) is 0.727. The maximum Gasteiger partial charge on any atom is 0.324 e. The summed E-state index contributed by atoms with van der Waals surface area (Å²) in [5, 5.41) is 8.11. The minimum atomic E-state index is -0.265. The number of ether oxygens (including phenoxy) is 1. The summed E-state index contributed by atoms with van der Waals surface area (Å²) in [5.74, 6) is 0.432. The zero-order valence-electron chi connectivity index (χ0n) is 10.6. The molecule has 0 radical (unpaired) electrons. The fourth-order valence-electron chi connectivity index (χ4n) is 1.54. The second-order valence-corrected chi connectivity index (χ2v) is 5.21. The molecule has 0 spiro atoms. The van der Waals surface area contributed by atoms with Crippen molar-refractivity contribution >= 4 is 17.7 Å². The number of hydrogen-bond acceptors (Lipinski definition) is 6. The van der Waals surface area contributed by atoms with Crippen molar-refractivity contribution < 1.29 is 9.53 Å². The first-order valence-corrected chi connectivity index (χ1v) is 7.08. The second-order valence-electron chi connectivity index (χ2n) is 4.22. The molecule has 1 fully saturated rings. The summed E-state index contributed by atoms with van der Waals surface area (Å²) >= 11 is 1.51. The van der Waals surface area contributed by atoms with Crippen LogP contribution in [0.3, 0.4) is 0 Å². The lowest BCUT2D eigenvalue weighted by atomic mass is 10.3. The van der Waals surface area contributed by atoms with Crippen LogP contribution in [0.15, 0.2) is 11.5 Å². The third-order valence-electron chi connectivity index (χ3n) is 2.63. The van der Waals surface area contributed by atoms with E-state index in [1.807, 2.05) is 14.0 Å². The molecule has 2 rings (SSSR count). The van der Waals surface area contributed by atoms with Crippen LogP contribution in [0, 0.1) is 0 Å². The largest absolute Gasteiger partial charge is 0.465 e. The third kappa shape index (κ3) is 3.71. The van der Waals surface area contributed by atoms with Crippen LogP contribution in [0.1, 0.15) is 19.8 Å². The van der Waals surface area contributed by atoms with Gasteiger partial charge in [-0.3, -0.25) is 4.79 Å². The SMILES string of the molecule is CCOC(=O)C(CSc1ncnn1C)NC1CC1. The van der Waals surface area contributed by atoms with Crippen LogP contribution in [0.25, 0.3) is 0 Å². The average Bonchev–Trinajstić information content (AvgIpc) is 3.07. The van der Waals surface area contributed by atoms with E-state index in [1.54, 1.807) is 4.68 Å². The molecule has 18 heavy (non-hydrogen) atoms. The maximum absolute atomic E-state index is 11.8. The Balaban J connectivity index is 1.87. The van der Waals surface area contributed by atoms with Crippen LogP contribution in [0.5, 0.6) is 0 Å². The summed E-state index contributed by atoms with van der Waals surface area (Å²) in [6.07, 6.45) is 3.80. The van der Waals surface area contributed by atoms with Gasteiger partial charge in [0.05, 0.1) is 6.61 Å². The van der Waals surface area contributed by atoms with Gasteiger partial charge < -0.3 is 10.1 Å². The molecular weight excluding hydrogens is 252 g/mol. The first-order chi connectivity index (χ1) is 8.70. The van der Waals surface area contributed by atoms with Gasteiger partial charge in [0.15, 0.2) is 5.16 Å². The molecule has 1 aliphatic rings. The van der Waals surface area contributed by atoms with E-state index in [1.165, 1.54) is 18.1 Å². The highest BCUT2D eigenvalue weighted by Crippen LogP contribution is 2.22. The molecule has 1 heterocycles. The van der Waals surface area contributed by atoms with E-state index in [-0.39, 0.29) is 12.0 Å². The minimum absolute atomic E-state index is 0.181. The molecule has 0 amide bonds. The minimum Gasteiger partial charge on any atom is -0.465 e. The van der Waals surface area contributed by atoms with Crippen molar-refractivity contribution in [1.29, 1.82) is 0 Å². The van der Waals surface area contributed by atoms with Crippen LogP contribution in [0.2, 0.25) is 0 Å². The quantitative estimate of drug-likeness (QED) is 0.578.